The number of carbonyl (C=O) groups is 1. The number of carbonyl (C=O) groups excluding carboxylic acids is 1. The number of piperidine rings is 1. The summed E-state index contributed by atoms with van der Waals surface area (Å²) < 4.78 is 2.36. The van der Waals surface area contributed by atoms with Crippen molar-refractivity contribution >= 4 is 27.9 Å². The van der Waals surface area contributed by atoms with Crippen LogP contribution in [0.3, 0.4) is 0 Å². The molecule has 1 fully saturated rings. The van der Waals surface area contributed by atoms with Gasteiger partial charge >= 0.3 is 0 Å². The summed E-state index contributed by atoms with van der Waals surface area (Å²) in [6.45, 7) is 4.45. The topological polar surface area (TPSA) is 90.6 Å². The fourth-order valence-electron chi connectivity index (χ4n) is 4.11. The molecule has 140 valence electrons. The number of nitrogens with zero attached hydrogens (tertiary/aromatic N) is 5. The minimum Gasteiger partial charge on any atom is -0.346 e. The molecule has 4 rings (SSSR count). The van der Waals surface area contributed by atoms with E-state index < -0.39 is 0 Å². The lowest BCUT2D eigenvalue weighted by atomic mass is 10.0. The summed E-state index contributed by atoms with van der Waals surface area (Å²) in [7, 11) is 0. The summed E-state index contributed by atoms with van der Waals surface area (Å²) in [5, 5.41) is 9.90. The predicted octanol–water partition coefficient (Wildman–Crippen LogP) is 2.98. The van der Waals surface area contributed by atoms with E-state index in [-0.39, 0.29) is 5.78 Å². The number of imidazole rings is 1. The second kappa shape index (κ2) is 7.49. The highest BCUT2D eigenvalue weighted by atomic mass is 16.1. The molecule has 0 bridgehead atoms. The average Bonchev–Trinajstić information content (AvgIpc) is 3.28. The molecule has 0 atom stereocenters. The molecule has 0 spiro atoms. The van der Waals surface area contributed by atoms with Crippen LogP contribution in [0, 0.1) is 11.3 Å². The second-order valence-electron chi connectivity index (χ2n) is 7.31. The first-order valence-corrected chi connectivity index (χ1v) is 9.59. The van der Waals surface area contributed by atoms with E-state index in [0.717, 1.165) is 60.4 Å². The number of nitrogens with one attached hydrogen (secondary N) is 1. The van der Waals surface area contributed by atoms with E-state index >= 15 is 0 Å². The minimum absolute atomic E-state index is 0.185. The third-order valence-corrected chi connectivity index (χ3v) is 5.47. The molecule has 0 saturated carbocycles. The number of likely N-dealkylation sites (tertiary alicyclic amines) is 1. The molecule has 7 nitrogen and oxygen atoms in total. The van der Waals surface area contributed by atoms with Gasteiger partial charge in [-0.15, -0.1) is 0 Å². The van der Waals surface area contributed by atoms with Crippen LogP contribution in [0.2, 0.25) is 0 Å². The Kier molecular flexibility index (Phi) is 4.90. The maximum atomic E-state index is 11.5. The molecule has 7 heteroatoms. The number of ketones is 1. The van der Waals surface area contributed by atoms with E-state index in [1.54, 1.807) is 6.92 Å². The molecule has 1 aliphatic heterocycles. The molecule has 1 aliphatic rings. The van der Waals surface area contributed by atoms with E-state index in [9.17, 15) is 4.79 Å². The first-order valence-electron chi connectivity index (χ1n) is 9.59. The van der Waals surface area contributed by atoms with Crippen molar-refractivity contribution in [3.05, 3.63) is 24.3 Å². The first-order chi connectivity index (χ1) is 13.2. The smallest absolute Gasteiger partial charge is 0.139 e. The lowest BCUT2D eigenvalue weighted by Crippen LogP contribution is -2.35. The molecule has 1 N–H and O–H groups in total. The Morgan fingerprint density at radius 2 is 2.22 bits per heavy atom. The van der Waals surface area contributed by atoms with Gasteiger partial charge in [-0.1, -0.05) is 0 Å². The van der Waals surface area contributed by atoms with Gasteiger partial charge in [0.05, 0.1) is 17.8 Å². The molecule has 0 aliphatic carbocycles. The summed E-state index contributed by atoms with van der Waals surface area (Å²) in [5.74, 6) is 1.16. The number of fused-ring (bicyclic) bond motifs is 3. The van der Waals surface area contributed by atoms with Gasteiger partial charge in [0.2, 0.25) is 0 Å². The molecule has 3 aromatic rings. The summed E-state index contributed by atoms with van der Waals surface area (Å²) in [6.07, 6.45) is 7.53. The number of Topliss-reactive ketones (excluding diaryl/α,β-unsaturated/α-hetero) is 1. The standard InChI is InChI=1S/C20H24N6O/c1-14(27)3-4-18-24-17-13-23-20-16(5-9-22-20)19(17)26(18)15-6-11-25(12-7-15)10-2-8-21/h5,9,13,15H,2-4,6-7,10-12H2,1H3,(H,22,23). The van der Waals surface area contributed by atoms with E-state index in [2.05, 4.69) is 31.6 Å². The summed E-state index contributed by atoms with van der Waals surface area (Å²) in [4.78, 5) is 26.4. The van der Waals surface area contributed by atoms with Crippen LogP contribution in [0.4, 0.5) is 0 Å². The molecular weight excluding hydrogens is 340 g/mol. The monoisotopic (exact) mass is 364 g/mol. The Bertz CT molecular complexity index is 1000. The van der Waals surface area contributed by atoms with Crippen molar-refractivity contribution in [2.24, 2.45) is 0 Å². The SMILES string of the molecule is CC(=O)CCc1nc2cnc3[nH]ccc3c2n1C1CCN(CCC#N)CC1. The molecule has 1 saturated heterocycles. The van der Waals surface area contributed by atoms with Crippen molar-refractivity contribution in [2.75, 3.05) is 19.6 Å². The molecule has 0 amide bonds. The number of rotatable bonds is 6. The first kappa shape index (κ1) is 17.7. The van der Waals surface area contributed by atoms with Crippen LogP contribution in [0.5, 0.6) is 0 Å². The van der Waals surface area contributed by atoms with Gasteiger partial charge in [-0.2, -0.15) is 5.26 Å². The van der Waals surface area contributed by atoms with Crippen LogP contribution in [0.1, 0.15) is 44.5 Å². The highest BCUT2D eigenvalue weighted by Crippen LogP contribution is 2.32. The van der Waals surface area contributed by atoms with Crippen LogP contribution >= 0.6 is 0 Å². The number of hydrogen-bond donors (Lipinski definition) is 1. The van der Waals surface area contributed by atoms with Crippen molar-refractivity contribution in [1.29, 1.82) is 5.26 Å². The number of hydrogen-bond acceptors (Lipinski definition) is 5. The maximum Gasteiger partial charge on any atom is 0.139 e. The van der Waals surface area contributed by atoms with E-state index in [1.807, 2.05) is 12.4 Å². The Morgan fingerprint density at radius 1 is 1.41 bits per heavy atom. The normalized spacial score (nSPS) is 16.1. The summed E-state index contributed by atoms with van der Waals surface area (Å²) >= 11 is 0. The van der Waals surface area contributed by atoms with Crippen molar-refractivity contribution in [2.45, 2.75) is 45.1 Å². The number of aromatic amines is 1. The van der Waals surface area contributed by atoms with Gasteiger partial charge in [-0.25, -0.2) is 9.97 Å². The number of aryl methyl sites for hydroxylation is 1. The zero-order chi connectivity index (χ0) is 18.8. The zero-order valence-electron chi connectivity index (χ0n) is 15.6. The molecule has 0 aromatic carbocycles. The van der Waals surface area contributed by atoms with E-state index in [0.29, 0.717) is 25.3 Å². The molecular formula is C20H24N6O. The quantitative estimate of drug-likeness (QED) is 0.726. The second-order valence-corrected chi connectivity index (χ2v) is 7.31. The predicted molar refractivity (Wildman–Crippen MR) is 103 cm³/mol. The fourth-order valence-corrected chi connectivity index (χ4v) is 4.11. The minimum atomic E-state index is 0.185. The van der Waals surface area contributed by atoms with Crippen LogP contribution in [-0.2, 0) is 11.2 Å². The van der Waals surface area contributed by atoms with Gasteiger partial charge < -0.3 is 19.2 Å². The molecule has 0 unspecified atom stereocenters. The average molecular weight is 364 g/mol. The lowest BCUT2D eigenvalue weighted by Gasteiger charge is -2.33. The van der Waals surface area contributed by atoms with Crippen LogP contribution in [-0.4, -0.2) is 49.8 Å². The number of pyridine rings is 1. The highest BCUT2D eigenvalue weighted by molar-refractivity contribution is 6.01. The third-order valence-electron chi connectivity index (χ3n) is 5.47. The Morgan fingerprint density at radius 3 is 2.96 bits per heavy atom. The molecule has 4 heterocycles. The van der Waals surface area contributed by atoms with Crippen LogP contribution in [0.25, 0.3) is 22.1 Å². The van der Waals surface area contributed by atoms with Crippen molar-refractivity contribution < 1.29 is 4.79 Å². The van der Waals surface area contributed by atoms with Gasteiger partial charge in [0.15, 0.2) is 0 Å². The lowest BCUT2D eigenvalue weighted by molar-refractivity contribution is -0.117. The fraction of sp³-hybridized carbons (Fsp3) is 0.500. The van der Waals surface area contributed by atoms with Gasteiger partial charge in [0.1, 0.15) is 22.8 Å². The number of aromatic nitrogens is 4. The van der Waals surface area contributed by atoms with Gasteiger partial charge in [-0.3, -0.25) is 0 Å². The summed E-state index contributed by atoms with van der Waals surface area (Å²) in [6, 6.07) is 4.64. The molecule has 0 radical (unpaired) electrons. The number of H-pyrrole nitrogens is 1. The van der Waals surface area contributed by atoms with Crippen LogP contribution in [0.15, 0.2) is 18.5 Å². The zero-order valence-corrected chi connectivity index (χ0v) is 15.6. The molecule has 27 heavy (non-hydrogen) atoms. The Hall–Kier alpha value is -2.72. The Balaban J connectivity index is 1.71. The third kappa shape index (κ3) is 3.45. The van der Waals surface area contributed by atoms with Gasteiger partial charge in [0.25, 0.3) is 0 Å². The molecule has 3 aromatic heterocycles. The van der Waals surface area contributed by atoms with E-state index in [1.165, 1.54) is 0 Å². The van der Waals surface area contributed by atoms with Gasteiger partial charge in [0, 0.05) is 56.5 Å². The largest absolute Gasteiger partial charge is 0.346 e. The van der Waals surface area contributed by atoms with Crippen molar-refractivity contribution in [1.82, 2.24) is 24.4 Å². The highest BCUT2D eigenvalue weighted by Gasteiger charge is 2.25. The van der Waals surface area contributed by atoms with E-state index in [4.69, 9.17) is 10.2 Å². The van der Waals surface area contributed by atoms with Crippen molar-refractivity contribution in [3.63, 3.8) is 0 Å². The maximum absolute atomic E-state index is 11.5. The Labute approximate surface area is 158 Å². The van der Waals surface area contributed by atoms with Crippen molar-refractivity contribution in [3.8, 4) is 6.07 Å². The van der Waals surface area contributed by atoms with Crippen LogP contribution < -0.4 is 0 Å². The number of nitriles is 1. The summed E-state index contributed by atoms with van der Waals surface area (Å²) in [5.41, 5.74) is 2.89. The van der Waals surface area contributed by atoms with Gasteiger partial charge in [-0.05, 0) is 25.8 Å².